The van der Waals surface area contributed by atoms with E-state index in [-0.39, 0.29) is 5.91 Å². The third-order valence-corrected chi connectivity index (χ3v) is 4.56. The van der Waals surface area contributed by atoms with Gasteiger partial charge in [-0.2, -0.15) is 4.39 Å². The van der Waals surface area contributed by atoms with Crippen LogP contribution >= 0.6 is 24.0 Å². The molecule has 1 aliphatic heterocycles. The first-order valence-electron chi connectivity index (χ1n) is 6.84. The number of thioether (sulfide) groups is 1. The lowest BCUT2D eigenvalue weighted by Crippen LogP contribution is -2.17. The lowest BCUT2D eigenvalue weighted by atomic mass is 10.1. The normalized spacial score (nSPS) is 16.1. The molecule has 4 rings (SSSR count). The van der Waals surface area contributed by atoms with Crippen molar-refractivity contribution in [3.63, 3.8) is 0 Å². The van der Waals surface area contributed by atoms with Gasteiger partial charge < -0.3 is 9.73 Å². The Labute approximate surface area is 145 Å². The fourth-order valence-corrected chi connectivity index (χ4v) is 3.37. The van der Waals surface area contributed by atoms with Crippen LogP contribution in [0.4, 0.5) is 4.39 Å². The number of furan rings is 1. The number of hydrogen-bond donors (Lipinski definition) is 1. The van der Waals surface area contributed by atoms with Crippen LogP contribution < -0.4 is 5.32 Å². The van der Waals surface area contributed by atoms with Crippen molar-refractivity contribution in [2.45, 2.75) is 0 Å². The molecule has 0 aliphatic carbocycles. The number of carbonyl (C=O) groups excluding carboxylic acids is 1. The molecule has 0 spiro atoms. The Morgan fingerprint density at radius 3 is 2.88 bits per heavy atom. The van der Waals surface area contributed by atoms with E-state index in [0.717, 1.165) is 5.39 Å². The maximum Gasteiger partial charge on any atom is 0.263 e. The van der Waals surface area contributed by atoms with Gasteiger partial charge in [0.15, 0.2) is 0 Å². The molecule has 0 unspecified atom stereocenters. The molecular weight excluding hydrogens is 349 g/mol. The number of carbonyl (C=O) groups is 1. The van der Waals surface area contributed by atoms with Crippen LogP contribution in [0, 0.1) is 5.95 Å². The van der Waals surface area contributed by atoms with Gasteiger partial charge in [-0.1, -0.05) is 24.0 Å². The summed E-state index contributed by atoms with van der Waals surface area (Å²) in [5.41, 5.74) is 1.98. The van der Waals surface area contributed by atoms with Gasteiger partial charge in [0.2, 0.25) is 5.95 Å². The number of fused-ring (bicyclic) bond motifs is 1. The van der Waals surface area contributed by atoms with Crippen molar-refractivity contribution >= 4 is 51.3 Å². The SMILES string of the molecule is O=C1NC(=S)S/C1=C/c1cc2cncc(-c3ccc(F)nc3)c2o1. The summed E-state index contributed by atoms with van der Waals surface area (Å²) in [7, 11) is 0. The standard InChI is InChI=1S/C16H8FN3O2S2/c17-13-2-1-8(6-19-13)11-7-18-5-9-3-10(22-14(9)11)4-12-15(21)20-16(23)24-12/h1-7H,(H,20,21,23)/b12-4+. The number of nitrogens with zero attached hydrogens (tertiary/aromatic N) is 2. The van der Waals surface area contributed by atoms with Crippen molar-refractivity contribution < 1.29 is 13.6 Å². The number of amides is 1. The third-order valence-electron chi connectivity index (χ3n) is 3.40. The van der Waals surface area contributed by atoms with Crippen molar-refractivity contribution in [3.8, 4) is 11.1 Å². The van der Waals surface area contributed by atoms with Crippen LogP contribution in [-0.2, 0) is 4.79 Å². The Balaban J connectivity index is 1.80. The minimum Gasteiger partial charge on any atom is -0.456 e. The highest BCUT2D eigenvalue weighted by molar-refractivity contribution is 8.26. The Bertz CT molecular complexity index is 1010. The number of thiocarbonyl (C=S) groups is 1. The molecule has 118 valence electrons. The average Bonchev–Trinajstić information content (AvgIpc) is 3.10. The van der Waals surface area contributed by atoms with Crippen LogP contribution in [0.25, 0.3) is 28.2 Å². The quantitative estimate of drug-likeness (QED) is 0.430. The molecule has 0 aromatic carbocycles. The molecule has 8 heteroatoms. The molecule has 0 radical (unpaired) electrons. The van der Waals surface area contributed by atoms with E-state index in [1.54, 1.807) is 30.6 Å². The molecule has 1 amide bonds. The van der Waals surface area contributed by atoms with E-state index in [1.165, 1.54) is 24.0 Å². The lowest BCUT2D eigenvalue weighted by Gasteiger charge is -2.01. The van der Waals surface area contributed by atoms with E-state index in [4.69, 9.17) is 16.6 Å². The second-order valence-corrected chi connectivity index (χ2v) is 6.69. The van der Waals surface area contributed by atoms with E-state index in [2.05, 4.69) is 15.3 Å². The van der Waals surface area contributed by atoms with E-state index in [0.29, 0.717) is 31.7 Å². The number of halogens is 1. The number of aromatic nitrogens is 2. The monoisotopic (exact) mass is 357 g/mol. The molecule has 4 heterocycles. The maximum atomic E-state index is 13.0. The van der Waals surface area contributed by atoms with Crippen molar-refractivity contribution in [2.24, 2.45) is 0 Å². The Morgan fingerprint density at radius 2 is 2.17 bits per heavy atom. The summed E-state index contributed by atoms with van der Waals surface area (Å²) in [5.74, 6) is -0.285. The number of hydrogen-bond acceptors (Lipinski definition) is 6. The molecule has 1 N–H and O–H groups in total. The van der Waals surface area contributed by atoms with Crippen LogP contribution in [-0.4, -0.2) is 20.2 Å². The summed E-state index contributed by atoms with van der Waals surface area (Å²) >= 11 is 6.15. The first-order valence-corrected chi connectivity index (χ1v) is 8.07. The van der Waals surface area contributed by atoms with E-state index in [1.807, 2.05) is 0 Å². The van der Waals surface area contributed by atoms with Crippen LogP contribution in [0.2, 0.25) is 0 Å². The summed E-state index contributed by atoms with van der Waals surface area (Å²) in [6.45, 7) is 0. The minimum atomic E-state index is -0.552. The van der Waals surface area contributed by atoms with Crippen LogP contribution in [0.1, 0.15) is 5.76 Å². The van der Waals surface area contributed by atoms with Crippen LogP contribution in [0.15, 0.2) is 46.1 Å². The summed E-state index contributed by atoms with van der Waals surface area (Å²) < 4.78 is 19.3. The first-order chi connectivity index (χ1) is 11.6. The van der Waals surface area contributed by atoms with Gasteiger partial charge >= 0.3 is 0 Å². The zero-order valence-corrected chi connectivity index (χ0v) is 13.6. The third kappa shape index (κ3) is 2.70. The van der Waals surface area contributed by atoms with Crippen molar-refractivity contribution in [3.05, 3.63) is 53.4 Å². The van der Waals surface area contributed by atoms with E-state index >= 15 is 0 Å². The van der Waals surface area contributed by atoms with Gasteiger partial charge in [0, 0.05) is 41.2 Å². The molecule has 0 bridgehead atoms. The smallest absolute Gasteiger partial charge is 0.263 e. The minimum absolute atomic E-state index is 0.244. The topological polar surface area (TPSA) is 68.0 Å². The lowest BCUT2D eigenvalue weighted by molar-refractivity contribution is -0.115. The molecule has 5 nitrogen and oxygen atoms in total. The predicted molar refractivity (Wildman–Crippen MR) is 93.5 cm³/mol. The summed E-state index contributed by atoms with van der Waals surface area (Å²) in [6.07, 6.45) is 6.34. The van der Waals surface area contributed by atoms with Gasteiger partial charge in [-0.3, -0.25) is 9.78 Å². The zero-order chi connectivity index (χ0) is 16.7. The van der Waals surface area contributed by atoms with Crippen LogP contribution in [0.3, 0.4) is 0 Å². The highest BCUT2D eigenvalue weighted by atomic mass is 32.2. The van der Waals surface area contributed by atoms with Gasteiger partial charge in [-0.25, -0.2) is 4.98 Å². The highest BCUT2D eigenvalue weighted by Crippen LogP contribution is 2.32. The highest BCUT2D eigenvalue weighted by Gasteiger charge is 2.22. The molecule has 24 heavy (non-hydrogen) atoms. The summed E-state index contributed by atoms with van der Waals surface area (Å²) in [4.78, 5) is 20.0. The fraction of sp³-hybridized carbons (Fsp3) is 0. The number of nitrogens with one attached hydrogen (secondary N) is 1. The Hall–Kier alpha value is -2.58. The summed E-state index contributed by atoms with van der Waals surface area (Å²) in [6, 6.07) is 4.67. The largest absolute Gasteiger partial charge is 0.456 e. The second kappa shape index (κ2) is 5.81. The molecule has 3 aromatic rings. The average molecular weight is 357 g/mol. The summed E-state index contributed by atoms with van der Waals surface area (Å²) in [5, 5.41) is 3.33. The second-order valence-electron chi connectivity index (χ2n) is 4.98. The molecule has 0 atom stereocenters. The molecule has 1 aliphatic rings. The first kappa shape index (κ1) is 15.0. The number of rotatable bonds is 2. The molecule has 0 saturated carbocycles. The molecular formula is C16H8FN3O2S2. The number of pyridine rings is 2. The molecule has 3 aromatic heterocycles. The van der Waals surface area contributed by atoms with E-state index < -0.39 is 5.95 Å². The van der Waals surface area contributed by atoms with E-state index in [9.17, 15) is 9.18 Å². The zero-order valence-electron chi connectivity index (χ0n) is 11.9. The van der Waals surface area contributed by atoms with Crippen molar-refractivity contribution in [2.75, 3.05) is 0 Å². The van der Waals surface area contributed by atoms with Gasteiger partial charge in [0.05, 0.1) is 4.91 Å². The van der Waals surface area contributed by atoms with Crippen LogP contribution in [0.5, 0.6) is 0 Å². The van der Waals surface area contributed by atoms with Gasteiger partial charge in [0.25, 0.3) is 5.91 Å². The van der Waals surface area contributed by atoms with Gasteiger partial charge in [-0.05, 0) is 18.2 Å². The van der Waals surface area contributed by atoms with Crippen molar-refractivity contribution in [1.29, 1.82) is 0 Å². The maximum absolute atomic E-state index is 13.0. The molecule has 1 fully saturated rings. The Morgan fingerprint density at radius 1 is 1.29 bits per heavy atom. The Kier molecular flexibility index (Phi) is 3.62. The van der Waals surface area contributed by atoms with Gasteiger partial charge in [-0.15, -0.1) is 0 Å². The van der Waals surface area contributed by atoms with Crippen molar-refractivity contribution in [1.82, 2.24) is 15.3 Å². The van der Waals surface area contributed by atoms with Gasteiger partial charge in [0.1, 0.15) is 15.7 Å². The predicted octanol–water partition coefficient (Wildman–Crippen LogP) is 3.52. The fourth-order valence-electron chi connectivity index (χ4n) is 2.34. The molecule has 1 saturated heterocycles.